The summed E-state index contributed by atoms with van der Waals surface area (Å²) in [7, 11) is 0. The van der Waals surface area contributed by atoms with Crippen LogP contribution in [0.3, 0.4) is 0 Å². The van der Waals surface area contributed by atoms with Crippen LogP contribution in [0, 0.1) is 11.3 Å². The molecule has 0 bridgehead atoms. The molecule has 1 aliphatic heterocycles. The monoisotopic (exact) mass is 422 g/mol. The van der Waals surface area contributed by atoms with Crippen molar-refractivity contribution in [3.63, 3.8) is 0 Å². The molecule has 0 saturated carbocycles. The van der Waals surface area contributed by atoms with Crippen molar-refractivity contribution in [2.45, 2.75) is 44.3 Å². The molecule has 152 valence electrons. The normalized spacial score (nSPS) is 16.7. The number of carbonyl (C=O) groups is 1. The number of hydrogen-bond donors (Lipinski definition) is 0. The van der Waals surface area contributed by atoms with Gasteiger partial charge in [-0.3, -0.25) is 4.79 Å². The number of nitrogens with zero attached hydrogens (tertiary/aromatic N) is 4. The number of carbonyl (C=O) groups excluding carboxylic acids is 1. The van der Waals surface area contributed by atoms with Gasteiger partial charge in [0.05, 0.1) is 17.7 Å². The van der Waals surface area contributed by atoms with E-state index in [4.69, 9.17) is 16.9 Å². The Hall–Kier alpha value is -2.66. The van der Waals surface area contributed by atoms with Crippen LogP contribution in [0.1, 0.15) is 42.6 Å². The van der Waals surface area contributed by atoms with Crippen molar-refractivity contribution >= 4 is 23.2 Å². The number of halogens is 4. The Kier molecular flexibility index (Phi) is 6.38. The van der Waals surface area contributed by atoms with Crippen LogP contribution in [0.15, 0.2) is 30.3 Å². The lowest BCUT2D eigenvalue weighted by Gasteiger charge is -2.25. The number of anilines is 1. The van der Waals surface area contributed by atoms with Crippen LogP contribution in [0.2, 0.25) is 5.15 Å². The van der Waals surface area contributed by atoms with Gasteiger partial charge >= 0.3 is 6.18 Å². The van der Waals surface area contributed by atoms with E-state index in [1.807, 2.05) is 12.1 Å². The van der Waals surface area contributed by atoms with Crippen LogP contribution in [0.25, 0.3) is 0 Å². The summed E-state index contributed by atoms with van der Waals surface area (Å²) in [4.78, 5) is 21.1. The first-order chi connectivity index (χ1) is 13.8. The standard InChI is InChI=1S/C20H18ClF3N4O/c21-17-11-18(27-19(26-17)20(22,23)24)28-10-2-4-15(28)16(29)5-1-3-13-6-8-14(12-25)9-7-13/h6-9,11,15H,1-5,10H2/t15-/m0/s1. The van der Waals surface area contributed by atoms with E-state index in [0.29, 0.717) is 44.2 Å². The number of hydrogen-bond acceptors (Lipinski definition) is 5. The first-order valence-electron chi connectivity index (χ1n) is 9.18. The highest BCUT2D eigenvalue weighted by Crippen LogP contribution is 2.32. The van der Waals surface area contributed by atoms with Crippen molar-refractivity contribution < 1.29 is 18.0 Å². The molecule has 1 aromatic carbocycles. The zero-order chi connectivity index (χ0) is 21.0. The van der Waals surface area contributed by atoms with Crippen molar-refractivity contribution in [1.82, 2.24) is 9.97 Å². The Morgan fingerprint density at radius 2 is 2.00 bits per heavy atom. The van der Waals surface area contributed by atoms with E-state index in [2.05, 4.69) is 16.0 Å². The molecule has 2 heterocycles. The maximum atomic E-state index is 13.0. The van der Waals surface area contributed by atoms with Gasteiger partial charge in [-0.1, -0.05) is 23.7 Å². The predicted octanol–water partition coefficient (Wildman–Crippen LogP) is 4.58. The highest BCUT2D eigenvalue weighted by Gasteiger charge is 2.37. The quantitative estimate of drug-likeness (QED) is 0.637. The van der Waals surface area contributed by atoms with Crippen LogP contribution in [-0.2, 0) is 17.4 Å². The average Bonchev–Trinajstić information content (AvgIpc) is 3.17. The zero-order valence-electron chi connectivity index (χ0n) is 15.4. The lowest BCUT2D eigenvalue weighted by molar-refractivity contribution is -0.144. The van der Waals surface area contributed by atoms with Gasteiger partial charge < -0.3 is 4.90 Å². The van der Waals surface area contributed by atoms with E-state index in [1.54, 1.807) is 17.0 Å². The van der Waals surface area contributed by atoms with E-state index in [9.17, 15) is 18.0 Å². The average molecular weight is 423 g/mol. The Balaban J connectivity index is 1.65. The van der Waals surface area contributed by atoms with E-state index >= 15 is 0 Å². The summed E-state index contributed by atoms with van der Waals surface area (Å²) in [6.45, 7) is 0.441. The maximum absolute atomic E-state index is 13.0. The summed E-state index contributed by atoms with van der Waals surface area (Å²) in [6.07, 6.45) is -1.84. The number of nitriles is 1. The molecule has 1 atom stereocenters. The second kappa shape index (κ2) is 8.78. The van der Waals surface area contributed by atoms with Crippen LogP contribution >= 0.6 is 11.6 Å². The molecule has 1 fully saturated rings. The molecule has 29 heavy (non-hydrogen) atoms. The van der Waals surface area contributed by atoms with Crippen LogP contribution in [0.5, 0.6) is 0 Å². The molecule has 1 aliphatic rings. The van der Waals surface area contributed by atoms with Gasteiger partial charge in [-0.2, -0.15) is 18.4 Å². The first-order valence-corrected chi connectivity index (χ1v) is 9.56. The van der Waals surface area contributed by atoms with E-state index in [1.165, 1.54) is 6.07 Å². The van der Waals surface area contributed by atoms with Crippen molar-refractivity contribution in [3.8, 4) is 6.07 Å². The predicted molar refractivity (Wildman–Crippen MR) is 102 cm³/mol. The van der Waals surface area contributed by atoms with Gasteiger partial charge in [0.2, 0.25) is 5.82 Å². The van der Waals surface area contributed by atoms with Gasteiger partial charge in [0.1, 0.15) is 11.0 Å². The largest absolute Gasteiger partial charge is 0.451 e. The highest BCUT2D eigenvalue weighted by molar-refractivity contribution is 6.29. The molecule has 0 aliphatic carbocycles. The molecule has 0 N–H and O–H groups in total. The molecule has 3 rings (SSSR count). The van der Waals surface area contributed by atoms with E-state index < -0.39 is 18.0 Å². The lowest BCUT2D eigenvalue weighted by atomic mass is 10.0. The molecule has 0 spiro atoms. The minimum atomic E-state index is -4.71. The molecule has 0 amide bonds. The Labute approximate surface area is 171 Å². The molecule has 1 saturated heterocycles. The van der Waals surface area contributed by atoms with Gasteiger partial charge in [-0.25, -0.2) is 9.97 Å². The number of rotatable bonds is 6. The van der Waals surface area contributed by atoms with Crippen LogP contribution in [-0.4, -0.2) is 28.3 Å². The summed E-state index contributed by atoms with van der Waals surface area (Å²) in [5.41, 5.74) is 1.60. The summed E-state index contributed by atoms with van der Waals surface area (Å²) >= 11 is 5.75. The fourth-order valence-electron chi connectivity index (χ4n) is 3.43. The van der Waals surface area contributed by atoms with Crippen molar-refractivity contribution in [2.75, 3.05) is 11.4 Å². The molecule has 9 heteroatoms. The minimum absolute atomic E-state index is 0.0280. The smallest absolute Gasteiger partial charge is 0.346 e. The number of Topliss-reactive ketones (excluding diaryl/α,β-unsaturated/α-hetero) is 1. The lowest BCUT2D eigenvalue weighted by Crippen LogP contribution is -2.37. The number of benzene rings is 1. The zero-order valence-corrected chi connectivity index (χ0v) is 16.2. The van der Waals surface area contributed by atoms with Gasteiger partial charge in [0, 0.05) is 19.0 Å². The molecule has 0 radical (unpaired) electrons. The number of aryl methyl sites for hydroxylation is 1. The summed E-state index contributed by atoms with van der Waals surface area (Å²) < 4.78 is 38.9. The van der Waals surface area contributed by atoms with Crippen molar-refractivity contribution in [3.05, 3.63) is 52.4 Å². The van der Waals surface area contributed by atoms with Gasteiger partial charge in [0.15, 0.2) is 5.78 Å². The second-order valence-corrected chi connectivity index (χ2v) is 7.24. The van der Waals surface area contributed by atoms with Crippen molar-refractivity contribution in [1.29, 1.82) is 5.26 Å². The van der Waals surface area contributed by atoms with Crippen LogP contribution in [0.4, 0.5) is 19.0 Å². The Morgan fingerprint density at radius 3 is 2.66 bits per heavy atom. The minimum Gasteiger partial charge on any atom is -0.346 e. The summed E-state index contributed by atoms with van der Waals surface area (Å²) in [5.74, 6) is -1.31. The van der Waals surface area contributed by atoms with Crippen LogP contribution < -0.4 is 4.90 Å². The number of aromatic nitrogens is 2. The molecule has 0 unspecified atom stereocenters. The second-order valence-electron chi connectivity index (χ2n) is 6.85. The topological polar surface area (TPSA) is 69.9 Å². The third kappa shape index (κ3) is 5.24. The number of alkyl halides is 3. The molecular formula is C20H18ClF3N4O. The maximum Gasteiger partial charge on any atom is 0.451 e. The third-order valence-electron chi connectivity index (χ3n) is 4.83. The fraction of sp³-hybridized carbons (Fsp3) is 0.400. The molecule has 5 nitrogen and oxygen atoms in total. The van der Waals surface area contributed by atoms with Gasteiger partial charge in [-0.15, -0.1) is 0 Å². The Morgan fingerprint density at radius 1 is 1.28 bits per heavy atom. The van der Waals surface area contributed by atoms with Gasteiger partial charge in [0.25, 0.3) is 0 Å². The van der Waals surface area contributed by atoms with Gasteiger partial charge in [-0.05, 0) is 43.4 Å². The Bertz CT molecular complexity index is 925. The van der Waals surface area contributed by atoms with E-state index in [0.717, 1.165) is 5.56 Å². The first kappa shape index (κ1) is 21.1. The summed E-state index contributed by atoms with van der Waals surface area (Å²) in [5, 5.41) is 8.51. The number of ketones is 1. The SMILES string of the molecule is N#Cc1ccc(CCCC(=O)[C@@H]2CCCN2c2cc(Cl)nc(C(F)(F)F)n2)cc1. The molecule has 1 aromatic heterocycles. The van der Waals surface area contributed by atoms with Crippen molar-refractivity contribution in [2.24, 2.45) is 0 Å². The third-order valence-corrected chi connectivity index (χ3v) is 5.02. The van der Waals surface area contributed by atoms with E-state index in [-0.39, 0.29) is 16.8 Å². The molecular weight excluding hydrogens is 405 g/mol. The summed E-state index contributed by atoms with van der Waals surface area (Å²) in [6, 6.07) is 9.97. The highest BCUT2D eigenvalue weighted by atomic mass is 35.5. The fourth-order valence-corrected chi connectivity index (χ4v) is 3.61. The molecule has 2 aromatic rings.